The number of hydrogen-bond acceptors (Lipinski definition) is 6. The van der Waals surface area contributed by atoms with Crippen LogP contribution in [0.3, 0.4) is 0 Å². The smallest absolute Gasteiger partial charge is 0.327 e. The number of carboxylic acid groups (broad SMARTS) is 1. The van der Waals surface area contributed by atoms with Crippen LogP contribution < -0.4 is 5.32 Å². The maximum atomic E-state index is 12.6. The molecule has 29 heavy (non-hydrogen) atoms. The van der Waals surface area contributed by atoms with Crippen LogP contribution in [0.5, 0.6) is 0 Å². The van der Waals surface area contributed by atoms with Crippen molar-refractivity contribution in [1.82, 2.24) is 5.32 Å². The van der Waals surface area contributed by atoms with Crippen LogP contribution in [-0.4, -0.2) is 44.4 Å². The second-order valence-electron chi connectivity index (χ2n) is 6.57. The molecule has 0 aliphatic rings. The minimum Gasteiger partial charge on any atom is -0.480 e. The second kappa shape index (κ2) is 10.3. The normalized spacial score (nSPS) is 13.7. The Balaban J connectivity index is 1.97. The third-order valence-electron chi connectivity index (χ3n) is 4.08. The predicted octanol–water partition coefficient (Wildman–Crippen LogP) is 3.09. The fraction of sp³-hybridized carbons (Fsp3) is 0.238. The number of Topliss-reactive ketones (excluding diaryl/α,β-unsaturated/α-hetero) is 1. The van der Waals surface area contributed by atoms with E-state index >= 15 is 0 Å². The molecule has 0 radical (unpaired) electrons. The molecule has 0 aliphatic carbocycles. The lowest BCUT2D eigenvalue weighted by atomic mass is 9.98. The monoisotopic (exact) mass is 431 g/mol. The van der Waals surface area contributed by atoms with Crippen LogP contribution >= 0.6 is 24.4 Å². The maximum absolute atomic E-state index is 12.6. The summed E-state index contributed by atoms with van der Waals surface area (Å²) in [4.78, 5) is 48.6. The van der Waals surface area contributed by atoms with Crippen LogP contribution in [0.15, 0.2) is 60.7 Å². The zero-order valence-corrected chi connectivity index (χ0v) is 17.4. The Bertz CT molecular complexity index is 884. The Kier molecular flexibility index (Phi) is 8.04. The molecule has 2 N–H and O–H groups in total. The zero-order valence-electron chi connectivity index (χ0n) is 15.7. The Labute approximate surface area is 178 Å². The third-order valence-corrected chi connectivity index (χ3v) is 5.44. The molecular weight excluding hydrogens is 410 g/mol. The summed E-state index contributed by atoms with van der Waals surface area (Å²) in [5.74, 6) is -2.39. The molecule has 1 unspecified atom stereocenters. The highest BCUT2D eigenvalue weighted by molar-refractivity contribution is 8.14. The van der Waals surface area contributed by atoms with Crippen molar-refractivity contribution in [3.05, 3.63) is 71.8 Å². The molecule has 0 aromatic heterocycles. The fourth-order valence-corrected chi connectivity index (χ4v) is 3.48. The highest BCUT2D eigenvalue weighted by Crippen LogP contribution is 2.22. The van der Waals surface area contributed by atoms with Gasteiger partial charge in [-0.25, -0.2) is 4.79 Å². The molecule has 152 valence electrons. The lowest BCUT2D eigenvalue weighted by Crippen LogP contribution is -2.50. The molecule has 2 atom stereocenters. The lowest BCUT2D eigenvalue weighted by molar-refractivity contribution is -0.141. The summed E-state index contributed by atoms with van der Waals surface area (Å²) in [5.41, 5.74) is 0.889. The largest absolute Gasteiger partial charge is 0.480 e. The van der Waals surface area contributed by atoms with Crippen molar-refractivity contribution in [3.63, 3.8) is 0 Å². The summed E-state index contributed by atoms with van der Waals surface area (Å²) in [6, 6.07) is 15.6. The van der Waals surface area contributed by atoms with Crippen LogP contribution in [0.25, 0.3) is 0 Å². The molecule has 6 nitrogen and oxygen atoms in total. The SMILES string of the molecule is CC(S)(CC(=O)c1ccccc1)C(=O)N[C@@H](CSC(=O)c1ccccc1)C(=O)O. The van der Waals surface area contributed by atoms with E-state index in [0.717, 1.165) is 11.8 Å². The topological polar surface area (TPSA) is 101 Å². The van der Waals surface area contributed by atoms with Crippen LogP contribution in [0.1, 0.15) is 34.1 Å². The van der Waals surface area contributed by atoms with Crippen molar-refractivity contribution in [1.29, 1.82) is 0 Å². The Morgan fingerprint density at radius 1 is 1.00 bits per heavy atom. The number of carbonyl (C=O) groups is 4. The number of amides is 1. The van der Waals surface area contributed by atoms with Gasteiger partial charge in [0, 0.05) is 23.3 Å². The molecule has 0 saturated carbocycles. The van der Waals surface area contributed by atoms with Gasteiger partial charge in [-0.3, -0.25) is 14.4 Å². The van der Waals surface area contributed by atoms with Gasteiger partial charge in [0.05, 0.1) is 4.75 Å². The third kappa shape index (κ3) is 6.76. The van der Waals surface area contributed by atoms with E-state index in [1.165, 1.54) is 6.92 Å². The molecule has 2 aromatic rings. The van der Waals surface area contributed by atoms with Gasteiger partial charge in [0.1, 0.15) is 6.04 Å². The van der Waals surface area contributed by atoms with E-state index in [2.05, 4.69) is 17.9 Å². The molecule has 2 rings (SSSR count). The number of thiol groups is 1. The van der Waals surface area contributed by atoms with Crippen molar-refractivity contribution >= 4 is 47.2 Å². The van der Waals surface area contributed by atoms with E-state index in [0.29, 0.717) is 11.1 Å². The quantitative estimate of drug-likeness (QED) is 0.417. The van der Waals surface area contributed by atoms with E-state index in [-0.39, 0.29) is 23.1 Å². The fourth-order valence-electron chi connectivity index (χ4n) is 2.42. The van der Waals surface area contributed by atoms with E-state index in [1.807, 2.05) is 0 Å². The summed E-state index contributed by atoms with van der Waals surface area (Å²) in [5, 5.41) is 11.5. The maximum Gasteiger partial charge on any atom is 0.327 e. The van der Waals surface area contributed by atoms with Gasteiger partial charge in [0.25, 0.3) is 0 Å². The Morgan fingerprint density at radius 2 is 1.52 bits per heavy atom. The van der Waals surface area contributed by atoms with Gasteiger partial charge in [-0.1, -0.05) is 72.4 Å². The van der Waals surface area contributed by atoms with Gasteiger partial charge < -0.3 is 10.4 Å². The Morgan fingerprint density at radius 3 is 2.03 bits per heavy atom. The summed E-state index contributed by atoms with van der Waals surface area (Å²) in [7, 11) is 0. The number of ketones is 1. The molecule has 0 saturated heterocycles. The highest BCUT2D eigenvalue weighted by Gasteiger charge is 2.35. The van der Waals surface area contributed by atoms with Gasteiger partial charge in [0.15, 0.2) is 5.78 Å². The summed E-state index contributed by atoms with van der Waals surface area (Å²) in [6.45, 7) is 1.45. The number of benzene rings is 2. The minimum atomic E-state index is -1.41. The first-order valence-corrected chi connectivity index (χ1v) is 10.2. The van der Waals surface area contributed by atoms with E-state index in [4.69, 9.17) is 0 Å². The molecule has 1 amide bonds. The van der Waals surface area contributed by atoms with Gasteiger partial charge in [-0.2, -0.15) is 12.6 Å². The van der Waals surface area contributed by atoms with Crippen molar-refractivity contribution in [2.24, 2.45) is 0 Å². The van der Waals surface area contributed by atoms with Crippen LogP contribution in [-0.2, 0) is 9.59 Å². The molecule has 0 fully saturated rings. The van der Waals surface area contributed by atoms with Crippen LogP contribution in [0.2, 0.25) is 0 Å². The Hall–Kier alpha value is -2.58. The molecule has 0 aliphatic heterocycles. The predicted molar refractivity (Wildman–Crippen MR) is 116 cm³/mol. The van der Waals surface area contributed by atoms with Crippen molar-refractivity contribution in [2.45, 2.75) is 24.1 Å². The summed E-state index contributed by atoms with van der Waals surface area (Å²) in [6.07, 6.45) is -0.200. The van der Waals surface area contributed by atoms with Gasteiger partial charge in [-0.05, 0) is 6.92 Å². The molecule has 0 heterocycles. The summed E-state index contributed by atoms with van der Waals surface area (Å²) < 4.78 is -1.41. The van der Waals surface area contributed by atoms with Gasteiger partial charge >= 0.3 is 5.97 Å². The number of hydrogen-bond donors (Lipinski definition) is 3. The first-order chi connectivity index (χ1) is 13.7. The highest BCUT2D eigenvalue weighted by atomic mass is 32.2. The second-order valence-corrected chi connectivity index (χ2v) is 8.55. The van der Waals surface area contributed by atoms with Crippen molar-refractivity contribution in [3.8, 4) is 0 Å². The first-order valence-electron chi connectivity index (χ1n) is 8.77. The van der Waals surface area contributed by atoms with Crippen LogP contribution in [0, 0.1) is 0 Å². The summed E-state index contributed by atoms with van der Waals surface area (Å²) >= 11 is 5.08. The average Bonchev–Trinajstić information content (AvgIpc) is 2.71. The minimum absolute atomic E-state index is 0.148. The lowest BCUT2D eigenvalue weighted by Gasteiger charge is -2.24. The number of nitrogens with one attached hydrogen (secondary N) is 1. The zero-order chi connectivity index (χ0) is 21.4. The van der Waals surface area contributed by atoms with E-state index < -0.39 is 22.7 Å². The van der Waals surface area contributed by atoms with Crippen molar-refractivity contribution in [2.75, 3.05) is 5.75 Å². The van der Waals surface area contributed by atoms with E-state index in [9.17, 15) is 24.3 Å². The number of carboxylic acids is 1. The van der Waals surface area contributed by atoms with E-state index in [1.54, 1.807) is 60.7 Å². The number of thioether (sulfide) groups is 1. The molecular formula is C21H21NO5S2. The first kappa shape index (κ1) is 22.7. The van der Waals surface area contributed by atoms with Gasteiger partial charge in [-0.15, -0.1) is 0 Å². The molecule has 2 aromatic carbocycles. The number of carbonyl (C=O) groups excluding carboxylic acids is 3. The average molecular weight is 432 g/mol. The van der Waals surface area contributed by atoms with Gasteiger partial charge in [0.2, 0.25) is 11.0 Å². The number of aliphatic carboxylic acids is 1. The van der Waals surface area contributed by atoms with Crippen molar-refractivity contribution < 1.29 is 24.3 Å². The molecule has 0 spiro atoms. The number of rotatable bonds is 9. The molecule has 0 bridgehead atoms. The molecule has 8 heteroatoms. The standard InChI is InChI=1S/C21H21NO5S2/c1-21(28,12-17(23)14-8-4-2-5-9-14)20(27)22-16(18(24)25)13-29-19(26)15-10-6-3-7-11-15/h2-11,16,28H,12-13H2,1H3,(H,22,27)(H,24,25)/t16-,21?/m0/s1. The van der Waals surface area contributed by atoms with Crippen LogP contribution in [0.4, 0.5) is 0 Å².